The van der Waals surface area contributed by atoms with Gasteiger partial charge in [-0.05, 0) is 23.8 Å². The lowest BCUT2D eigenvalue weighted by Gasteiger charge is -2.05. The Balaban J connectivity index is 1.75. The summed E-state index contributed by atoms with van der Waals surface area (Å²) in [5, 5.41) is 7.88. The largest absolute Gasteiger partial charge is 0.421 e. The van der Waals surface area contributed by atoms with Gasteiger partial charge in [-0.1, -0.05) is 18.2 Å². The summed E-state index contributed by atoms with van der Waals surface area (Å²) in [4.78, 5) is 15.6. The summed E-state index contributed by atoms with van der Waals surface area (Å²) in [6.07, 6.45) is 3.92. The molecule has 0 saturated heterocycles. The highest BCUT2D eigenvalue weighted by Crippen LogP contribution is 2.25. The topological polar surface area (TPSA) is 99.3 Å². The third-order valence-corrected chi connectivity index (χ3v) is 3.89. The van der Waals surface area contributed by atoms with E-state index in [4.69, 9.17) is 10.2 Å². The summed E-state index contributed by atoms with van der Waals surface area (Å²) in [5.74, 6) is 0.632. The Labute approximate surface area is 143 Å². The number of fused-ring (bicyclic) bond motifs is 1. The zero-order chi connectivity index (χ0) is 17.4. The van der Waals surface area contributed by atoms with Crippen molar-refractivity contribution in [2.24, 2.45) is 5.73 Å². The number of aryl methyl sites for hydroxylation is 1. The predicted molar refractivity (Wildman–Crippen MR) is 91.6 cm³/mol. The first-order chi connectivity index (χ1) is 12.1. The maximum atomic E-state index is 11.1. The molecule has 3 aromatic heterocycles. The smallest absolute Gasteiger partial charge is 0.247 e. The lowest BCUT2D eigenvalue weighted by molar-refractivity contribution is -0.117. The molecule has 0 aliphatic heterocycles. The standard InChI is InChI=1S/C18H15N5O2/c1-11-21-22-18(25-11)14-5-6-23-15(10-20-17(23)9-14)13-4-2-3-12(7-13)8-16(19)24/h2-7,9-10H,8H2,1H3,(H2,19,24). The average Bonchev–Trinajstić information content (AvgIpc) is 3.20. The molecule has 25 heavy (non-hydrogen) atoms. The number of nitrogens with zero attached hydrogens (tertiary/aromatic N) is 4. The number of pyridine rings is 1. The maximum Gasteiger partial charge on any atom is 0.247 e. The zero-order valence-electron chi connectivity index (χ0n) is 13.5. The Morgan fingerprint density at radius 1 is 1.20 bits per heavy atom. The second-order valence-electron chi connectivity index (χ2n) is 5.76. The summed E-state index contributed by atoms with van der Waals surface area (Å²) in [6, 6.07) is 11.5. The molecule has 0 fully saturated rings. The Bertz CT molecular complexity index is 1080. The van der Waals surface area contributed by atoms with Gasteiger partial charge in [-0.3, -0.25) is 9.20 Å². The van der Waals surface area contributed by atoms with Crippen LogP contribution in [0.25, 0.3) is 28.4 Å². The molecule has 124 valence electrons. The molecule has 1 aromatic carbocycles. The Hall–Kier alpha value is -3.48. The van der Waals surface area contributed by atoms with Crippen molar-refractivity contribution >= 4 is 11.6 Å². The summed E-state index contributed by atoms with van der Waals surface area (Å²) >= 11 is 0. The molecule has 0 radical (unpaired) electrons. The van der Waals surface area contributed by atoms with Crippen LogP contribution in [0.3, 0.4) is 0 Å². The highest BCUT2D eigenvalue weighted by molar-refractivity contribution is 5.77. The molecular weight excluding hydrogens is 318 g/mol. The SMILES string of the molecule is Cc1nnc(-c2ccn3c(-c4cccc(CC(N)=O)c4)cnc3c2)o1. The van der Waals surface area contributed by atoms with E-state index in [9.17, 15) is 4.79 Å². The molecule has 0 saturated carbocycles. The fourth-order valence-corrected chi connectivity index (χ4v) is 2.78. The van der Waals surface area contributed by atoms with Crippen molar-refractivity contribution in [1.29, 1.82) is 0 Å². The van der Waals surface area contributed by atoms with E-state index >= 15 is 0 Å². The first-order valence-corrected chi connectivity index (χ1v) is 7.75. The number of carbonyl (C=O) groups is 1. The number of hydrogen-bond acceptors (Lipinski definition) is 5. The van der Waals surface area contributed by atoms with Gasteiger partial charge < -0.3 is 10.2 Å². The molecule has 1 amide bonds. The fraction of sp³-hybridized carbons (Fsp3) is 0.111. The van der Waals surface area contributed by atoms with Gasteiger partial charge in [0.05, 0.1) is 18.3 Å². The molecule has 4 rings (SSSR count). The number of rotatable bonds is 4. The molecular formula is C18H15N5O2. The predicted octanol–water partition coefficient (Wildman–Crippen LogP) is 2.39. The van der Waals surface area contributed by atoms with Crippen molar-refractivity contribution in [1.82, 2.24) is 19.6 Å². The first-order valence-electron chi connectivity index (χ1n) is 7.75. The van der Waals surface area contributed by atoms with Crippen LogP contribution >= 0.6 is 0 Å². The van der Waals surface area contributed by atoms with E-state index in [1.807, 2.05) is 47.0 Å². The van der Waals surface area contributed by atoms with Crippen molar-refractivity contribution in [2.75, 3.05) is 0 Å². The molecule has 4 aromatic rings. The summed E-state index contributed by atoms with van der Waals surface area (Å²) in [5.41, 5.74) is 9.63. The van der Waals surface area contributed by atoms with Crippen LogP contribution in [0.1, 0.15) is 11.5 Å². The van der Waals surface area contributed by atoms with Crippen molar-refractivity contribution in [3.05, 3.63) is 60.2 Å². The van der Waals surface area contributed by atoms with E-state index in [-0.39, 0.29) is 12.3 Å². The quantitative estimate of drug-likeness (QED) is 0.618. The number of imidazole rings is 1. The molecule has 0 aliphatic carbocycles. The molecule has 0 atom stereocenters. The molecule has 7 nitrogen and oxygen atoms in total. The minimum atomic E-state index is -0.352. The van der Waals surface area contributed by atoms with Gasteiger partial charge in [0.1, 0.15) is 5.65 Å². The van der Waals surface area contributed by atoms with Crippen molar-refractivity contribution in [3.8, 4) is 22.7 Å². The lowest BCUT2D eigenvalue weighted by atomic mass is 10.1. The van der Waals surface area contributed by atoms with Gasteiger partial charge in [-0.15, -0.1) is 10.2 Å². The van der Waals surface area contributed by atoms with Crippen molar-refractivity contribution in [3.63, 3.8) is 0 Å². The second-order valence-corrected chi connectivity index (χ2v) is 5.76. The van der Waals surface area contributed by atoms with E-state index in [2.05, 4.69) is 15.2 Å². The van der Waals surface area contributed by atoms with Gasteiger partial charge in [0.25, 0.3) is 0 Å². The minimum Gasteiger partial charge on any atom is -0.421 e. The lowest BCUT2D eigenvalue weighted by Crippen LogP contribution is -2.13. The van der Waals surface area contributed by atoms with Crippen LogP contribution in [-0.2, 0) is 11.2 Å². The Morgan fingerprint density at radius 2 is 2.08 bits per heavy atom. The van der Waals surface area contributed by atoms with E-state index < -0.39 is 0 Å². The highest BCUT2D eigenvalue weighted by Gasteiger charge is 2.11. The minimum absolute atomic E-state index is 0.214. The third kappa shape index (κ3) is 2.87. The molecule has 7 heteroatoms. The summed E-state index contributed by atoms with van der Waals surface area (Å²) in [6.45, 7) is 1.75. The second kappa shape index (κ2) is 5.86. The van der Waals surface area contributed by atoms with Gasteiger partial charge in [-0.25, -0.2) is 4.98 Å². The molecule has 0 aliphatic rings. The Kier molecular flexibility index (Phi) is 3.53. The van der Waals surface area contributed by atoms with Crippen LogP contribution in [0.15, 0.2) is 53.2 Å². The molecule has 3 heterocycles. The highest BCUT2D eigenvalue weighted by atomic mass is 16.4. The van der Waals surface area contributed by atoms with Crippen LogP contribution < -0.4 is 5.73 Å². The van der Waals surface area contributed by atoms with E-state index in [0.29, 0.717) is 11.8 Å². The van der Waals surface area contributed by atoms with Crippen LogP contribution in [0.4, 0.5) is 0 Å². The summed E-state index contributed by atoms with van der Waals surface area (Å²) < 4.78 is 7.43. The summed E-state index contributed by atoms with van der Waals surface area (Å²) in [7, 11) is 0. The van der Waals surface area contributed by atoms with Crippen LogP contribution in [0, 0.1) is 6.92 Å². The normalized spacial score (nSPS) is 11.1. The number of benzene rings is 1. The number of nitrogens with two attached hydrogens (primary N) is 1. The third-order valence-electron chi connectivity index (χ3n) is 3.89. The number of carbonyl (C=O) groups excluding carboxylic acids is 1. The van der Waals surface area contributed by atoms with E-state index in [1.54, 1.807) is 13.1 Å². The van der Waals surface area contributed by atoms with Gasteiger partial charge in [0.2, 0.25) is 17.7 Å². The number of hydrogen-bond donors (Lipinski definition) is 1. The van der Waals surface area contributed by atoms with Gasteiger partial charge in [0.15, 0.2) is 0 Å². The fourth-order valence-electron chi connectivity index (χ4n) is 2.78. The van der Waals surface area contributed by atoms with Crippen LogP contribution in [0.5, 0.6) is 0 Å². The maximum absolute atomic E-state index is 11.1. The van der Waals surface area contributed by atoms with E-state index in [0.717, 1.165) is 28.0 Å². The van der Waals surface area contributed by atoms with E-state index in [1.165, 1.54) is 0 Å². The molecule has 0 unspecified atom stereocenters. The monoisotopic (exact) mass is 333 g/mol. The number of primary amides is 1. The molecule has 0 bridgehead atoms. The average molecular weight is 333 g/mol. The van der Waals surface area contributed by atoms with Crippen molar-refractivity contribution in [2.45, 2.75) is 13.3 Å². The van der Waals surface area contributed by atoms with Crippen LogP contribution in [0.2, 0.25) is 0 Å². The molecule has 0 spiro atoms. The first kappa shape index (κ1) is 15.1. The molecule has 2 N–H and O–H groups in total. The van der Waals surface area contributed by atoms with Gasteiger partial charge in [0, 0.05) is 24.2 Å². The van der Waals surface area contributed by atoms with Gasteiger partial charge >= 0.3 is 0 Å². The Morgan fingerprint density at radius 3 is 2.84 bits per heavy atom. The van der Waals surface area contributed by atoms with Crippen LogP contribution in [-0.4, -0.2) is 25.5 Å². The number of amides is 1. The number of aromatic nitrogens is 4. The zero-order valence-corrected chi connectivity index (χ0v) is 13.5. The van der Waals surface area contributed by atoms with Gasteiger partial charge in [-0.2, -0.15) is 0 Å². The van der Waals surface area contributed by atoms with Crippen molar-refractivity contribution < 1.29 is 9.21 Å².